The fourth-order valence-corrected chi connectivity index (χ4v) is 2.04. The largest absolute Gasteiger partial charge is 0.302 e. The molecule has 0 heterocycles. The zero-order valence-electron chi connectivity index (χ0n) is 9.02. The number of nitro groups is 1. The van der Waals surface area contributed by atoms with Crippen molar-refractivity contribution in [3.8, 4) is 11.5 Å². The van der Waals surface area contributed by atoms with E-state index in [0.717, 1.165) is 11.8 Å². The molecule has 0 spiro atoms. The highest BCUT2D eigenvalue weighted by atomic mass is 32.2. The lowest BCUT2D eigenvalue weighted by atomic mass is 10.0. The minimum Gasteiger partial charge on any atom is -0.302 e. The standard InChI is InChI=1S/C11H7N3O3S/c12-5-9(6-15)11(18-7-13)8-1-3-10(4-2-8)14(16)17/h1-4,6,9,11H/t9-,11-/m1/s1. The normalized spacial score (nSPS) is 12.8. The third-order valence-corrected chi connectivity index (χ3v) is 3.16. The number of nitrogens with zero attached hydrogens (tertiary/aromatic N) is 3. The first-order valence-corrected chi connectivity index (χ1v) is 5.66. The molecule has 1 rings (SSSR count). The number of benzene rings is 1. The molecule has 0 radical (unpaired) electrons. The van der Waals surface area contributed by atoms with Crippen molar-refractivity contribution in [2.45, 2.75) is 5.25 Å². The third kappa shape index (κ3) is 3.06. The predicted molar refractivity (Wildman–Crippen MR) is 64.2 cm³/mol. The summed E-state index contributed by atoms with van der Waals surface area (Å²) < 4.78 is 0. The highest BCUT2D eigenvalue weighted by Crippen LogP contribution is 2.34. The first-order valence-electron chi connectivity index (χ1n) is 4.78. The van der Waals surface area contributed by atoms with Gasteiger partial charge in [-0.1, -0.05) is 12.1 Å². The molecule has 2 atom stereocenters. The van der Waals surface area contributed by atoms with Crippen molar-refractivity contribution in [3.63, 3.8) is 0 Å². The molecule has 18 heavy (non-hydrogen) atoms. The minimum absolute atomic E-state index is 0.0842. The molecule has 0 aliphatic carbocycles. The summed E-state index contributed by atoms with van der Waals surface area (Å²) in [6.45, 7) is 0. The number of thiocyanates is 1. The number of non-ortho nitro benzene ring substituents is 1. The van der Waals surface area contributed by atoms with Gasteiger partial charge in [-0.2, -0.15) is 10.5 Å². The van der Waals surface area contributed by atoms with Crippen LogP contribution in [0.25, 0.3) is 0 Å². The second-order valence-corrected chi connectivity index (χ2v) is 4.20. The molecule has 0 fully saturated rings. The van der Waals surface area contributed by atoms with E-state index in [2.05, 4.69) is 0 Å². The summed E-state index contributed by atoms with van der Waals surface area (Å²) in [6, 6.07) is 7.24. The van der Waals surface area contributed by atoms with Gasteiger partial charge >= 0.3 is 0 Å². The lowest BCUT2D eigenvalue weighted by Crippen LogP contribution is -2.09. The summed E-state index contributed by atoms with van der Waals surface area (Å²) in [5, 5.41) is 29.2. The van der Waals surface area contributed by atoms with Crippen molar-refractivity contribution in [1.29, 1.82) is 10.5 Å². The smallest absolute Gasteiger partial charge is 0.269 e. The highest BCUT2D eigenvalue weighted by molar-refractivity contribution is 8.04. The number of nitriles is 2. The fourth-order valence-electron chi connectivity index (χ4n) is 1.36. The number of carbonyl (C=O) groups is 1. The molecule has 0 bridgehead atoms. The Labute approximate surface area is 107 Å². The van der Waals surface area contributed by atoms with Gasteiger partial charge in [-0.3, -0.25) is 10.1 Å². The van der Waals surface area contributed by atoms with Crippen LogP contribution < -0.4 is 0 Å². The highest BCUT2D eigenvalue weighted by Gasteiger charge is 2.24. The summed E-state index contributed by atoms with van der Waals surface area (Å²) in [5.74, 6) is -0.962. The molecule has 0 saturated heterocycles. The summed E-state index contributed by atoms with van der Waals surface area (Å²) >= 11 is 0.783. The lowest BCUT2D eigenvalue weighted by Gasteiger charge is -2.13. The molecular weight excluding hydrogens is 254 g/mol. The SMILES string of the molecule is N#CS[C@H](c1ccc([N+](=O)[O-])cc1)[C@H](C#N)C=O. The summed E-state index contributed by atoms with van der Waals surface area (Å²) in [5.41, 5.74) is 0.449. The minimum atomic E-state index is -0.962. The number of rotatable bonds is 5. The van der Waals surface area contributed by atoms with Crippen molar-refractivity contribution in [3.05, 3.63) is 39.9 Å². The molecule has 6 nitrogen and oxygen atoms in total. The lowest BCUT2D eigenvalue weighted by molar-refractivity contribution is -0.384. The van der Waals surface area contributed by atoms with Crippen LogP contribution in [0.2, 0.25) is 0 Å². The Morgan fingerprint density at radius 2 is 1.94 bits per heavy atom. The molecule has 0 aliphatic rings. The second kappa shape index (κ2) is 6.38. The average Bonchev–Trinajstić information content (AvgIpc) is 2.39. The quantitative estimate of drug-likeness (QED) is 0.348. The van der Waals surface area contributed by atoms with Crippen molar-refractivity contribution in [2.75, 3.05) is 0 Å². The molecule has 90 valence electrons. The maximum Gasteiger partial charge on any atom is 0.269 e. The van der Waals surface area contributed by atoms with Crippen molar-refractivity contribution < 1.29 is 9.72 Å². The van der Waals surface area contributed by atoms with Gasteiger partial charge in [-0.25, -0.2) is 0 Å². The molecule has 0 unspecified atom stereocenters. The zero-order valence-corrected chi connectivity index (χ0v) is 9.83. The van der Waals surface area contributed by atoms with E-state index in [-0.39, 0.29) is 5.69 Å². The van der Waals surface area contributed by atoms with Gasteiger partial charge in [0.1, 0.15) is 17.6 Å². The van der Waals surface area contributed by atoms with Gasteiger partial charge in [0, 0.05) is 12.1 Å². The molecule has 0 aliphatic heterocycles. The maximum absolute atomic E-state index is 10.7. The van der Waals surface area contributed by atoms with Gasteiger partial charge < -0.3 is 4.79 Å². The van der Waals surface area contributed by atoms with E-state index in [4.69, 9.17) is 10.5 Å². The zero-order chi connectivity index (χ0) is 13.5. The fraction of sp³-hybridized carbons (Fsp3) is 0.182. The monoisotopic (exact) mass is 261 g/mol. The molecule has 0 amide bonds. The number of carbonyl (C=O) groups excluding carboxylic acids is 1. The molecule has 1 aromatic carbocycles. The number of thioether (sulfide) groups is 1. The Morgan fingerprint density at radius 1 is 1.33 bits per heavy atom. The van der Waals surface area contributed by atoms with Gasteiger partial charge in [0.05, 0.1) is 16.2 Å². The van der Waals surface area contributed by atoms with E-state index < -0.39 is 16.1 Å². The van der Waals surface area contributed by atoms with Crippen LogP contribution in [0.15, 0.2) is 24.3 Å². The average molecular weight is 261 g/mol. The Bertz CT molecular complexity index is 530. The topological polar surface area (TPSA) is 108 Å². The van der Waals surface area contributed by atoms with Crippen molar-refractivity contribution >= 4 is 23.7 Å². The Balaban J connectivity index is 3.07. The van der Waals surface area contributed by atoms with Crippen LogP contribution in [0.4, 0.5) is 5.69 Å². The predicted octanol–water partition coefficient (Wildman–Crippen LogP) is 2.19. The molecule has 7 heteroatoms. The van der Waals surface area contributed by atoms with Crippen LogP contribution in [0, 0.1) is 38.0 Å². The summed E-state index contributed by atoms with van der Waals surface area (Å²) in [6.07, 6.45) is 0.469. The Kier molecular flexibility index (Phi) is 4.85. The first-order chi connectivity index (χ1) is 8.63. The number of hydrogen-bond donors (Lipinski definition) is 0. The molecule has 0 saturated carbocycles. The van der Waals surface area contributed by atoms with E-state index >= 15 is 0 Å². The van der Waals surface area contributed by atoms with Crippen molar-refractivity contribution in [1.82, 2.24) is 0 Å². The van der Waals surface area contributed by atoms with Crippen molar-refractivity contribution in [2.24, 2.45) is 5.92 Å². The van der Waals surface area contributed by atoms with Crippen LogP contribution in [-0.2, 0) is 4.79 Å². The number of hydrogen-bond acceptors (Lipinski definition) is 6. The summed E-state index contributed by atoms with van der Waals surface area (Å²) in [7, 11) is 0. The van der Waals surface area contributed by atoms with Gasteiger partial charge in [-0.05, 0) is 17.3 Å². The molecule has 0 N–H and O–H groups in total. The summed E-state index contributed by atoms with van der Waals surface area (Å²) in [4.78, 5) is 20.7. The first kappa shape index (κ1) is 13.7. The van der Waals surface area contributed by atoms with E-state index in [1.165, 1.54) is 24.3 Å². The Morgan fingerprint density at radius 3 is 2.33 bits per heavy atom. The van der Waals surface area contributed by atoms with E-state index in [1.54, 1.807) is 6.07 Å². The molecule has 1 aromatic rings. The second-order valence-electron chi connectivity index (χ2n) is 3.27. The van der Waals surface area contributed by atoms with E-state index in [1.807, 2.05) is 5.40 Å². The van der Waals surface area contributed by atoms with Gasteiger partial charge in [-0.15, -0.1) is 0 Å². The van der Waals surface area contributed by atoms with Crippen LogP contribution in [0.5, 0.6) is 0 Å². The van der Waals surface area contributed by atoms with Crippen LogP contribution >= 0.6 is 11.8 Å². The number of aldehydes is 1. The van der Waals surface area contributed by atoms with Crippen LogP contribution in [0.1, 0.15) is 10.8 Å². The molecule has 0 aromatic heterocycles. The van der Waals surface area contributed by atoms with Crippen LogP contribution in [0.3, 0.4) is 0 Å². The number of nitro benzene ring substituents is 1. The van der Waals surface area contributed by atoms with E-state index in [0.29, 0.717) is 11.8 Å². The van der Waals surface area contributed by atoms with Gasteiger partial charge in [0.15, 0.2) is 0 Å². The van der Waals surface area contributed by atoms with Gasteiger partial charge in [0.2, 0.25) is 0 Å². The van der Waals surface area contributed by atoms with E-state index in [9.17, 15) is 14.9 Å². The molecular formula is C11H7N3O3S. The Hall–Kier alpha value is -2.38. The van der Waals surface area contributed by atoms with Crippen LogP contribution in [-0.4, -0.2) is 11.2 Å². The van der Waals surface area contributed by atoms with Gasteiger partial charge in [0.25, 0.3) is 5.69 Å². The maximum atomic E-state index is 10.7. The third-order valence-electron chi connectivity index (χ3n) is 2.23.